The summed E-state index contributed by atoms with van der Waals surface area (Å²) in [4.78, 5) is 11.8. The van der Waals surface area contributed by atoms with Crippen LogP contribution >= 0.6 is 0 Å². The Morgan fingerprint density at radius 1 is 1.10 bits per heavy atom. The number of allylic oxidation sites excluding steroid dienone is 2. The Kier molecular flexibility index (Phi) is 4.81. The van der Waals surface area contributed by atoms with Gasteiger partial charge < -0.3 is 10.1 Å². The molecule has 2 aliphatic carbocycles. The van der Waals surface area contributed by atoms with Gasteiger partial charge >= 0.3 is 5.97 Å². The molecule has 0 radical (unpaired) electrons. The molecule has 2 heterocycles. The van der Waals surface area contributed by atoms with Crippen LogP contribution in [0.1, 0.15) is 73.3 Å². The fourth-order valence-electron chi connectivity index (χ4n) is 5.47. The normalized spacial score (nSPS) is 24.4. The molecule has 1 aromatic heterocycles. The second kappa shape index (κ2) is 7.61. The number of carbonyl (C=O) groups excluding carboxylic acids is 1. The molecule has 152 valence electrons. The van der Waals surface area contributed by atoms with Crippen molar-refractivity contribution in [3.05, 3.63) is 46.7 Å². The molecule has 1 aliphatic heterocycles. The number of esters is 1. The molecule has 0 amide bonds. The Morgan fingerprint density at radius 3 is 2.66 bits per heavy atom. The van der Waals surface area contributed by atoms with E-state index in [9.17, 15) is 4.79 Å². The van der Waals surface area contributed by atoms with Crippen molar-refractivity contribution in [2.75, 3.05) is 12.4 Å². The Morgan fingerprint density at radius 2 is 1.90 bits per heavy atom. The third kappa shape index (κ3) is 3.22. The van der Waals surface area contributed by atoms with Crippen molar-refractivity contribution in [3.63, 3.8) is 0 Å². The molecule has 1 fully saturated rings. The lowest BCUT2D eigenvalue weighted by Crippen LogP contribution is -2.34. The molecule has 2 aromatic rings. The summed E-state index contributed by atoms with van der Waals surface area (Å²) in [6.45, 7) is 0. The minimum absolute atomic E-state index is 0.0191. The van der Waals surface area contributed by atoms with Crippen molar-refractivity contribution in [1.82, 2.24) is 20.2 Å². The van der Waals surface area contributed by atoms with E-state index in [2.05, 4.69) is 20.8 Å². The third-order valence-corrected chi connectivity index (χ3v) is 6.86. The molecule has 2 unspecified atom stereocenters. The van der Waals surface area contributed by atoms with Gasteiger partial charge in [0, 0.05) is 11.6 Å². The Hall–Kier alpha value is -2.70. The molecular weight excluding hydrogens is 366 g/mol. The van der Waals surface area contributed by atoms with Crippen LogP contribution in [0.25, 0.3) is 0 Å². The lowest BCUT2D eigenvalue weighted by atomic mass is 9.71. The Balaban J connectivity index is 1.54. The number of hydrogen-bond acceptors (Lipinski definition) is 6. The van der Waals surface area contributed by atoms with Crippen molar-refractivity contribution >= 4 is 11.9 Å². The van der Waals surface area contributed by atoms with Gasteiger partial charge in [-0.05, 0) is 71.7 Å². The SMILES string of the molecule is COC(=O)c1ccc(C2C3=C(Nc4nnnn42)C(C2CCCCC2)CCC3)cc1. The Labute approximate surface area is 170 Å². The van der Waals surface area contributed by atoms with Gasteiger partial charge in [0.25, 0.3) is 0 Å². The summed E-state index contributed by atoms with van der Waals surface area (Å²) in [7, 11) is 1.40. The number of carbonyl (C=O) groups is 1. The number of fused-ring (bicyclic) bond motifs is 1. The van der Waals surface area contributed by atoms with Crippen LogP contribution in [0, 0.1) is 11.8 Å². The van der Waals surface area contributed by atoms with Gasteiger partial charge in [-0.25, -0.2) is 4.79 Å². The van der Waals surface area contributed by atoms with Gasteiger partial charge in [-0.1, -0.05) is 36.5 Å². The summed E-state index contributed by atoms with van der Waals surface area (Å²) < 4.78 is 6.72. The zero-order valence-electron chi connectivity index (χ0n) is 16.8. The molecule has 1 N–H and O–H groups in total. The number of ether oxygens (including phenoxy) is 1. The number of methoxy groups -OCH3 is 1. The maximum Gasteiger partial charge on any atom is 0.337 e. The molecule has 0 saturated heterocycles. The standard InChI is InChI=1S/C22H27N5O2/c1-29-21(28)16-12-10-15(11-13-16)20-18-9-5-8-17(14-6-3-2-4-7-14)19(18)23-22-24-25-26-27(20)22/h10-14,17,20H,2-9H2,1H3,(H,23,24,26). The molecule has 1 aromatic carbocycles. The topological polar surface area (TPSA) is 81.9 Å². The number of nitrogens with one attached hydrogen (secondary N) is 1. The fourth-order valence-corrected chi connectivity index (χ4v) is 5.47. The molecule has 2 atom stereocenters. The van der Waals surface area contributed by atoms with Crippen LogP contribution in [0.3, 0.4) is 0 Å². The van der Waals surface area contributed by atoms with Crippen LogP contribution in [0.5, 0.6) is 0 Å². The first-order valence-corrected chi connectivity index (χ1v) is 10.7. The number of rotatable bonds is 3. The minimum atomic E-state index is -0.320. The van der Waals surface area contributed by atoms with Crippen LogP contribution in [0.15, 0.2) is 35.5 Å². The summed E-state index contributed by atoms with van der Waals surface area (Å²) in [5.41, 5.74) is 4.41. The first kappa shape index (κ1) is 18.3. The molecule has 0 spiro atoms. The first-order chi connectivity index (χ1) is 14.3. The zero-order chi connectivity index (χ0) is 19.8. The number of anilines is 1. The highest BCUT2D eigenvalue weighted by Gasteiger charge is 2.38. The van der Waals surface area contributed by atoms with Gasteiger partial charge in [0.1, 0.15) is 6.04 Å². The van der Waals surface area contributed by atoms with Gasteiger partial charge in [-0.3, -0.25) is 0 Å². The molecule has 0 bridgehead atoms. The van der Waals surface area contributed by atoms with Crippen molar-refractivity contribution in [2.45, 2.75) is 57.4 Å². The lowest BCUT2D eigenvalue weighted by Gasteiger charge is -2.40. The van der Waals surface area contributed by atoms with Crippen LogP contribution in [-0.4, -0.2) is 33.3 Å². The summed E-state index contributed by atoms with van der Waals surface area (Å²) in [5.74, 6) is 1.72. The number of aromatic nitrogens is 4. The monoisotopic (exact) mass is 393 g/mol. The summed E-state index contributed by atoms with van der Waals surface area (Å²) in [6.07, 6.45) is 10.2. The molecule has 7 heteroatoms. The first-order valence-electron chi connectivity index (χ1n) is 10.7. The second-order valence-electron chi connectivity index (χ2n) is 8.42. The van der Waals surface area contributed by atoms with E-state index in [-0.39, 0.29) is 12.0 Å². The average Bonchev–Trinajstić information content (AvgIpc) is 3.25. The lowest BCUT2D eigenvalue weighted by molar-refractivity contribution is 0.0600. The molecule has 7 nitrogen and oxygen atoms in total. The average molecular weight is 393 g/mol. The van der Waals surface area contributed by atoms with Gasteiger partial charge in [0.15, 0.2) is 0 Å². The van der Waals surface area contributed by atoms with E-state index in [1.807, 2.05) is 28.9 Å². The van der Waals surface area contributed by atoms with Crippen LogP contribution in [-0.2, 0) is 4.74 Å². The summed E-state index contributed by atoms with van der Waals surface area (Å²) in [6, 6.07) is 7.64. The third-order valence-electron chi connectivity index (χ3n) is 6.86. The molecule has 29 heavy (non-hydrogen) atoms. The predicted octanol–water partition coefficient (Wildman–Crippen LogP) is 4.11. The van der Waals surface area contributed by atoms with Gasteiger partial charge in [-0.15, -0.1) is 0 Å². The van der Waals surface area contributed by atoms with Gasteiger partial charge in [0.05, 0.1) is 12.7 Å². The maximum atomic E-state index is 11.8. The van der Waals surface area contributed by atoms with Crippen LogP contribution in [0.2, 0.25) is 0 Å². The maximum absolute atomic E-state index is 11.8. The van der Waals surface area contributed by atoms with Crippen molar-refractivity contribution in [1.29, 1.82) is 0 Å². The smallest absolute Gasteiger partial charge is 0.337 e. The number of tetrazole rings is 1. The van der Waals surface area contributed by atoms with Crippen molar-refractivity contribution < 1.29 is 9.53 Å². The number of hydrogen-bond donors (Lipinski definition) is 1. The number of benzene rings is 1. The second-order valence-corrected chi connectivity index (χ2v) is 8.42. The zero-order valence-corrected chi connectivity index (χ0v) is 16.8. The van der Waals surface area contributed by atoms with Crippen molar-refractivity contribution in [3.8, 4) is 0 Å². The van der Waals surface area contributed by atoms with Crippen molar-refractivity contribution in [2.24, 2.45) is 11.8 Å². The molecular formula is C22H27N5O2. The molecule has 5 rings (SSSR count). The highest BCUT2D eigenvalue weighted by atomic mass is 16.5. The van der Waals surface area contributed by atoms with Crippen LogP contribution < -0.4 is 5.32 Å². The minimum Gasteiger partial charge on any atom is -0.465 e. The number of nitrogens with zero attached hydrogens (tertiary/aromatic N) is 4. The van der Waals surface area contributed by atoms with E-state index in [0.29, 0.717) is 17.4 Å². The van der Waals surface area contributed by atoms with E-state index in [1.54, 1.807) is 0 Å². The summed E-state index contributed by atoms with van der Waals surface area (Å²) >= 11 is 0. The highest BCUT2D eigenvalue weighted by Crippen LogP contribution is 2.47. The van der Waals surface area contributed by atoms with E-state index in [0.717, 1.165) is 17.9 Å². The van der Waals surface area contributed by atoms with E-state index in [1.165, 1.54) is 63.3 Å². The van der Waals surface area contributed by atoms with Gasteiger partial charge in [-0.2, -0.15) is 4.68 Å². The predicted molar refractivity (Wildman–Crippen MR) is 108 cm³/mol. The fraction of sp³-hybridized carbons (Fsp3) is 0.545. The molecule has 3 aliphatic rings. The highest BCUT2D eigenvalue weighted by molar-refractivity contribution is 5.89. The van der Waals surface area contributed by atoms with E-state index < -0.39 is 0 Å². The largest absolute Gasteiger partial charge is 0.465 e. The summed E-state index contributed by atoms with van der Waals surface area (Å²) in [5, 5.41) is 16.1. The van der Waals surface area contributed by atoms with Gasteiger partial charge in [0.2, 0.25) is 5.95 Å². The van der Waals surface area contributed by atoms with E-state index in [4.69, 9.17) is 4.74 Å². The molecule has 1 saturated carbocycles. The Bertz CT molecular complexity index is 927. The quantitative estimate of drug-likeness (QED) is 0.791. The van der Waals surface area contributed by atoms with E-state index >= 15 is 0 Å². The van der Waals surface area contributed by atoms with Crippen LogP contribution in [0.4, 0.5) is 5.95 Å².